The zero-order valence-electron chi connectivity index (χ0n) is 11.2. The predicted molar refractivity (Wildman–Crippen MR) is 75.4 cm³/mol. The van der Waals surface area contributed by atoms with Crippen molar-refractivity contribution in [1.82, 2.24) is 5.32 Å². The monoisotopic (exact) mass is 313 g/mol. The van der Waals surface area contributed by atoms with Crippen LogP contribution in [0.4, 0.5) is 0 Å². The van der Waals surface area contributed by atoms with Gasteiger partial charge in [0, 0.05) is 10.9 Å². The van der Waals surface area contributed by atoms with E-state index in [0.29, 0.717) is 11.3 Å². The third-order valence-corrected chi connectivity index (χ3v) is 5.06. The second-order valence-electron chi connectivity index (χ2n) is 5.29. The van der Waals surface area contributed by atoms with Crippen molar-refractivity contribution < 1.29 is 9.21 Å². The molecule has 1 amide bonds. The Kier molecular flexibility index (Phi) is 3.85. The number of rotatable bonds is 3. The summed E-state index contributed by atoms with van der Waals surface area (Å²) >= 11 is 3.54. The van der Waals surface area contributed by atoms with Gasteiger partial charge >= 0.3 is 0 Å². The fourth-order valence-corrected chi connectivity index (χ4v) is 3.48. The van der Waals surface area contributed by atoms with Crippen molar-refractivity contribution in [3.8, 4) is 0 Å². The smallest absolute Gasteiger partial charge is 0.255 e. The van der Waals surface area contributed by atoms with Gasteiger partial charge in [-0.15, -0.1) is 0 Å². The van der Waals surface area contributed by atoms with Gasteiger partial charge in [-0.05, 0) is 33.6 Å². The highest BCUT2D eigenvalue weighted by atomic mass is 79.9. The molecule has 0 spiro atoms. The van der Waals surface area contributed by atoms with Crippen LogP contribution in [0.5, 0.6) is 0 Å². The third kappa shape index (κ3) is 2.35. The van der Waals surface area contributed by atoms with Crippen molar-refractivity contribution in [2.45, 2.75) is 52.0 Å². The highest BCUT2D eigenvalue weighted by Gasteiger charge is 2.35. The molecule has 100 valence electrons. The van der Waals surface area contributed by atoms with Crippen LogP contribution in [0.2, 0.25) is 0 Å². The minimum atomic E-state index is -0.0683. The fraction of sp³-hybridized carbons (Fsp3) is 0.643. The normalized spacial score (nSPS) is 18.0. The van der Waals surface area contributed by atoms with E-state index in [-0.39, 0.29) is 11.4 Å². The molecule has 18 heavy (non-hydrogen) atoms. The molecule has 3 nitrogen and oxygen atoms in total. The predicted octanol–water partition coefficient (Wildman–Crippen LogP) is 3.64. The Labute approximate surface area is 116 Å². The topological polar surface area (TPSA) is 42.2 Å². The number of hydrogen-bond donors (Lipinski definition) is 1. The molecule has 0 aromatic carbocycles. The molecule has 4 heteroatoms. The van der Waals surface area contributed by atoms with Crippen molar-refractivity contribution >= 4 is 21.8 Å². The molecule has 1 saturated carbocycles. The summed E-state index contributed by atoms with van der Waals surface area (Å²) in [4.78, 5) is 12.4. The molecular weight excluding hydrogens is 294 g/mol. The van der Waals surface area contributed by atoms with Crippen LogP contribution in [0.1, 0.15) is 53.1 Å². The number of alkyl halides is 1. The molecule has 0 radical (unpaired) electrons. The van der Waals surface area contributed by atoms with E-state index in [4.69, 9.17) is 4.42 Å². The zero-order valence-corrected chi connectivity index (χ0v) is 12.8. The Hall–Kier alpha value is -0.770. The quantitative estimate of drug-likeness (QED) is 0.866. The number of aryl methyl sites for hydroxylation is 2. The van der Waals surface area contributed by atoms with E-state index in [2.05, 4.69) is 21.2 Å². The lowest BCUT2D eigenvalue weighted by atomic mass is 9.99. The summed E-state index contributed by atoms with van der Waals surface area (Å²) in [6.07, 6.45) is 4.49. The Morgan fingerprint density at radius 1 is 1.28 bits per heavy atom. The van der Waals surface area contributed by atoms with Crippen LogP contribution in [0.15, 0.2) is 4.42 Å². The zero-order chi connectivity index (χ0) is 13.3. The lowest BCUT2D eigenvalue weighted by Gasteiger charge is -2.28. The van der Waals surface area contributed by atoms with Crippen molar-refractivity contribution in [2.75, 3.05) is 5.33 Å². The molecule has 1 aromatic rings. The maximum atomic E-state index is 12.4. The molecule has 0 aliphatic heterocycles. The van der Waals surface area contributed by atoms with Crippen molar-refractivity contribution in [2.24, 2.45) is 0 Å². The maximum absolute atomic E-state index is 12.4. The summed E-state index contributed by atoms with van der Waals surface area (Å²) in [6, 6.07) is 0. The summed E-state index contributed by atoms with van der Waals surface area (Å²) in [7, 11) is 0. The molecule has 1 heterocycles. The summed E-state index contributed by atoms with van der Waals surface area (Å²) < 4.78 is 5.52. The summed E-state index contributed by atoms with van der Waals surface area (Å²) in [5.41, 5.74) is 1.59. The van der Waals surface area contributed by atoms with Gasteiger partial charge in [-0.2, -0.15) is 0 Å². The molecule has 0 unspecified atom stereocenters. The van der Waals surface area contributed by atoms with Gasteiger partial charge in [0.15, 0.2) is 0 Å². The first-order chi connectivity index (χ1) is 8.49. The standard InChI is InChI=1S/C14H20BrNO2/c1-9-10(2)18-11(3)12(9)13(17)16-14(8-15)6-4-5-7-14/h4-8H2,1-3H3,(H,16,17). The first-order valence-corrected chi connectivity index (χ1v) is 7.56. The van der Waals surface area contributed by atoms with E-state index in [1.54, 1.807) is 0 Å². The van der Waals surface area contributed by atoms with E-state index in [0.717, 1.165) is 29.5 Å². The average molecular weight is 314 g/mol. The van der Waals surface area contributed by atoms with Crippen LogP contribution in [0, 0.1) is 20.8 Å². The third-order valence-electron chi connectivity index (χ3n) is 3.98. The van der Waals surface area contributed by atoms with E-state index in [1.165, 1.54) is 12.8 Å². The molecular formula is C14H20BrNO2. The minimum absolute atomic E-state index is 0.00296. The molecule has 0 atom stereocenters. The van der Waals surface area contributed by atoms with Crippen LogP contribution >= 0.6 is 15.9 Å². The molecule has 0 saturated heterocycles. The molecule has 0 bridgehead atoms. The number of carbonyl (C=O) groups excluding carboxylic acids is 1. The van der Waals surface area contributed by atoms with Gasteiger partial charge in [-0.1, -0.05) is 28.8 Å². The van der Waals surface area contributed by atoms with Gasteiger partial charge in [-0.3, -0.25) is 4.79 Å². The second kappa shape index (κ2) is 5.08. The average Bonchev–Trinajstić information content (AvgIpc) is 2.86. The van der Waals surface area contributed by atoms with Gasteiger partial charge in [0.05, 0.1) is 11.1 Å². The van der Waals surface area contributed by atoms with Gasteiger partial charge in [-0.25, -0.2) is 0 Å². The van der Waals surface area contributed by atoms with Crippen LogP contribution in [0.25, 0.3) is 0 Å². The molecule has 1 aromatic heterocycles. The van der Waals surface area contributed by atoms with Gasteiger partial charge in [0.25, 0.3) is 5.91 Å². The summed E-state index contributed by atoms with van der Waals surface area (Å²) in [5, 5.41) is 4.03. The fourth-order valence-electron chi connectivity index (χ4n) is 2.77. The molecule has 1 N–H and O–H groups in total. The SMILES string of the molecule is Cc1oc(C)c(C(=O)NC2(CBr)CCCC2)c1C. The number of halogens is 1. The largest absolute Gasteiger partial charge is 0.466 e. The Morgan fingerprint density at radius 3 is 2.33 bits per heavy atom. The van der Waals surface area contributed by atoms with Gasteiger partial charge in [0.1, 0.15) is 11.5 Å². The first kappa shape index (κ1) is 13.7. The first-order valence-electron chi connectivity index (χ1n) is 6.44. The lowest BCUT2D eigenvalue weighted by Crippen LogP contribution is -2.48. The van der Waals surface area contributed by atoms with Gasteiger partial charge in [0.2, 0.25) is 0 Å². The number of hydrogen-bond acceptors (Lipinski definition) is 2. The van der Waals surface area contributed by atoms with Gasteiger partial charge < -0.3 is 9.73 Å². The Bertz CT molecular complexity index is 459. The van der Waals surface area contributed by atoms with Crippen molar-refractivity contribution in [3.05, 3.63) is 22.6 Å². The molecule has 1 aliphatic rings. The lowest BCUT2D eigenvalue weighted by molar-refractivity contribution is 0.0908. The number of amides is 1. The highest BCUT2D eigenvalue weighted by Crippen LogP contribution is 2.32. The molecule has 1 aliphatic carbocycles. The second-order valence-corrected chi connectivity index (χ2v) is 5.85. The number of carbonyl (C=O) groups is 1. The minimum Gasteiger partial charge on any atom is -0.466 e. The van der Waals surface area contributed by atoms with E-state index in [1.807, 2.05) is 20.8 Å². The van der Waals surface area contributed by atoms with Crippen LogP contribution < -0.4 is 5.32 Å². The van der Waals surface area contributed by atoms with Crippen LogP contribution in [0.3, 0.4) is 0 Å². The number of furan rings is 1. The molecule has 1 fully saturated rings. The molecule has 2 rings (SSSR count). The maximum Gasteiger partial charge on any atom is 0.255 e. The highest BCUT2D eigenvalue weighted by molar-refractivity contribution is 9.09. The summed E-state index contributed by atoms with van der Waals surface area (Å²) in [6.45, 7) is 5.69. The van der Waals surface area contributed by atoms with Crippen molar-refractivity contribution in [3.63, 3.8) is 0 Å². The van der Waals surface area contributed by atoms with Crippen molar-refractivity contribution in [1.29, 1.82) is 0 Å². The van der Waals surface area contributed by atoms with Crippen LogP contribution in [-0.2, 0) is 0 Å². The van der Waals surface area contributed by atoms with Crippen LogP contribution in [-0.4, -0.2) is 16.8 Å². The summed E-state index contributed by atoms with van der Waals surface area (Å²) in [5.74, 6) is 1.55. The van der Waals surface area contributed by atoms with E-state index in [9.17, 15) is 4.79 Å². The number of nitrogens with one attached hydrogen (secondary N) is 1. The Morgan fingerprint density at radius 2 is 1.89 bits per heavy atom. The van der Waals surface area contributed by atoms with E-state index >= 15 is 0 Å². The Balaban J connectivity index is 2.21. The van der Waals surface area contributed by atoms with E-state index < -0.39 is 0 Å².